The average molecular weight is 378 g/mol. The molecule has 4 aromatic rings. The molecule has 0 saturated carbocycles. The molecule has 0 unspecified atom stereocenters. The third kappa shape index (κ3) is 2.67. The van der Waals surface area contributed by atoms with Crippen LogP contribution < -0.4 is 10.5 Å². The molecule has 2 aromatic carbocycles. The van der Waals surface area contributed by atoms with Crippen LogP contribution in [0.5, 0.6) is 0 Å². The summed E-state index contributed by atoms with van der Waals surface area (Å²) in [5.41, 5.74) is 2.23. The Morgan fingerprint density at radius 1 is 1.19 bits per heavy atom. The summed E-state index contributed by atoms with van der Waals surface area (Å²) >= 11 is 1.46. The maximum Gasteiger partial charge on any atom is 0.346 e. The fraction of sp³-hybridized carbons (Fsp3) is 0.150. The van der Waals surface area contributed by atoms with Crippen molar-refractivity contribution in [1.29, 1.82) is 0 Å². The zero-order valence-corrected chi connectivity index (χ0v) is 14.9. The molecule has 1 N–H and O–H groups in total. The highest BCUT2D eigenvalue weighted by Crippen LogP contribution is 2.32. The first-order valence-corrected chi connectivity index (χ1v) is 9.32. The summed E-state index contributed by atoms with van der Waals surface area (Å²) in [6.45, 7) is 0.934. The second-order valence-electron chi connectivity index (χ2n) is 6.60. The minimum absolute atomic E-state index is 0.339. The van der Waals surface area contributed by atoms with Gasteiger partial charge in [-0.25, -0.2) is 9.78 Å². The van der Waals surface area contributed by atoms with Gasteiger partial charge in [0.15, 0.2) is 0 Å². The number of carbonyl (C=O) groups is 1. The van der Waals surface area contributed by atoms with Crippen LogP contribution in [0, 0.1) is 5.92 Å². The van der Waals surface area contributed by atoms with E-state index < -0.39 is 11.6 Å². The number of para-hydroxylation sites is 1. The molecule has 2 aromatic heterocycles. The van der Waals surface area contributed by atoms with Crippen LogP contribution in [0.4, 0.5) is 5.69 Å². The number of carboxylic acid groups (broad SMARTS) is 1. The van der Waals surface area contributed by atoms with Gasteiger partial charge < -0.3 is 14.4 Å². The standard InChI is InChI=1S/C20H14N2O4S/c23-19(24)12-9-22(10-12)13-6-5-11-7-14(20(25)26-16(11)8-13)18-21-15-3-1-2-4-17(15)27-18/h1-8,12H,9-10H2,(H,23,24). The van der Waals surface area contributed by atoms with Crippen LogP contribution in [0.3, 0.4) is 0 Å². The first-order chi connectivity index (χ1) is 13.1. The smallest absolute Gasteiger partial charge is 0.346 e. The lowest BCUT2D eigenvalue weighted by molar-refractivity contribution is -0.142. The van der Waals surface area contributed by atoms with Crippen molar-refractivity contribution in [2.45, 2.75) is 0 Å². The Bertz CT molecular complexity index is 1220. The molecule has 1 aliphatic heterocycles. The lowest BCUT2D eigenvalue weighted by Crippen LogP contribution is -2.50. The van der Waals surface area contributed by atoms with Gasteiger partial charge in [0.05, 0.1) is 21.7 Å². The number of aliphatic carboxylic acids is 1. The van der Waals surface area contributed by atoms with E-state index in [1.165, 1.54) is 11.3 Å². The number of nitrogens with zero attached hydrogens (tertiary/aromatic N) is 2. The van der Waals surface area contributed by atoms with E-state index in [1.54, 1.807) is 12.1 Å². The first kappa shape index (κ1) is 16.0. The minimum atomic E-state index is -0.779. The molecule has 1 aliphatic rings. The zero-order valence-electron chi connectivity index (χ0n) is 14.1. The number of carboxylic acids is 1. The third-order valence-corrected chi connectivity index (χ3v) is 5.91. The molecule has 134 valence electrons. The van der Waals surface area contributed by atoms with E-state index in [2.05, 4.69) is 4.98 Å². The summed E-state index contributed by atoms with van der Waals surface area (Å²) in [5, 5.41) is 10.5. The lowest BCUT2D eigenvalue weighted by atomic mass is 9.99. The van der Waals surface area contributed by atoms with E-state index >= 15 is 0 Å². The molecule has 0 radical (unpaired) electrons. The maximum absolute atomic E-state index is 12.5. The highest BCUT2D eigenvalue weighted by Gasteiger charge is 2.32. The highest BCUT2D eigenvalue weighted by molar-refractivity contribution is 7.21. The molecule has 0 aliphatic carbocycles. The normalized spacial score (nSPS) is 14.6. The van der Waals surface area contributed by atoms with Gasteiger partial charge in [-0.15, -0.1) is 11.3 Å². The van der Waals surface area contributed by atoms with Crippen molar-refractivity contribution >= 4 is 44.2 Å². The molecule has 7 heteroatoms. The maximum atomic E-state index is 12.5. The summed E-state index contributed by atoms with van der Waals surface area (Å²) in [6.07, 6.45) is 0. The number of rotatable bonds is 3. The molecule has 1 saturated heterocycles. The molecule has 0 bridgehead atoms. The van der Waals surface area contributed by atoms with Gasteiger partial charge >= 0.3 is 11.6 Å². The Kier molecular flexibility index (Phi) is 3.51. The van der Waals surface area contributed by atoms with Crippen molar-refractivity contribution in [2.24, 2.45) is 5.92 Å². The molecule has 1 fully saturated rings. The Morgan fingerprint density at radius 3 is 2.78 bits per heavy atom. The number of benzene rings is 2. The number of aromatic nitrogens is 1. The minimum Gasteiger partial charge on any atom is -0.481 e. The molecule has 0 atom stereocenters. The molecule has 5 rings (SSSR count). The van der Waals surface area contributed by atoms with Crippen LogP contribution in [0.2, 0.25) is 0 Å². The van der Waals surface area contributed by atoms with Crippen molar-refractivity contribution in [3.05, 3.63) is 59.0 Å². The second-order valence-corrected chi connectivity index (χ2v) is 7.63. The van der Waals surface area contributed by atoms with Gasteiger partial charge in [0.2, 0.25) is 0 Å². The van der Waals surface area contributed by atoms with E-state index in [4.69, 9.17) is 9.52 Å². The average Bonchev–Trinajstić information content (AvgIpc) is 3.03. The molecule has 6 nitrogen and oxygen atoms in total. The van der Waals surface area contributed by atoms with Gasteiger partial charge in [-0.05, 0) is 30.3 Å². The Hall–Kier alpha value is -3.19. The lowest BCUT2D eigenvalue weighted by Gasteiger charge is -2.38. The van der Waals surface area contributed by atoms with Crippen molar-refractivity contribution in [1.82, 2.24) is 4.98 Å². The van der Waals surface area contributed by atoms with Crippen LogP contribution in [0.1, 0.15) is 0 Å². The van der Waals surface area contributed by atoms with Crippen molar-refractivity contribution in [2.75, 3.05) is 18.0 Å². The van der Waals surface area contributed by atoms with Gasteiger partial charge in [-0.3, -0.25) is 4.79 Å². The van der Waals surface area contributed by atoms with Gasteiger partial charge in [-0.2, -0.15) is 0 Å². The molecule has 0 spiro atoms. The molecule has 3 heterocycles. The monoisotopic (exact) mass is 378 g/mol. The topological polar surface area (TPSA) is 83.6 Å². The van der Waals surface area contributed by atoms with Crippen LogP contribution in [-0.4, -0.2) is 29.1 Å². The largest absolute Gasteiger partial charge is 0.481 e. The quantitative estimate of drug-likeness (QED) is 0.549. The van der Waals surface area contributed by atoms with Crippen molar-refractivity contribution in [3.63, 3.8) is 0 Å². The van der Waals surface area contributed by atoms with E-state index in [-0.39, 0.29) is 5.92 Å². The first-order valence-electron chi connectivity index (χ1n) is 8.50. The summed E-state index contributed by atoms with van der Waals surface area (Å²) in [6, 6.07) is 15.2. The van der Waals surface area contributed by atoms with Crippen molar-refractivity contribution in [3.8, 4) is 10.6 Å². The summed E-state index contributed by atoms with van der Waals surface area (Å²) in [4.78, 5) is 30.0. The van der Waals surface area contributed by atoms with E-state index in [0.717, 1.165) is 21.3 Å². The summed E-state index contributed by atoms with van der Waals surface area (Å²) in [5.74, 6) is -1.12. The number of anilines is 1. The predicted octanol–water partition coefficient (Wildman–Crippen LogP) is 3.59. The molecule has 27 heavy (non-hydrogen) atoms. The summed E-state index contributed by atoms with van der Waals surface area (Å²) in [7, 11) is 0. The van der Waals surface area contributed by atoms with Crippen LogP contribution in [-0.2, 0) is 4.79 Å². The van der Waals surface area contributed by atoms with E-state index in [1.807, 2.05) is 41.3 Å². The second kappa shape index (κ2) is 5.92. The molecule has 0 amide bonds. The number of hydrogen-bond donors (Lipinski definition) is 1. The fourth-order valence-electron chi connectivity index (χ4n) is 3.28. The SMILES string of the molecule is O=C(O)C1CN(c2ccc3cc(-c4nc5ccccc5s4)c(=O)oc3c2)C1. The van der Waals surface area contributed by atoms with Gasteiger partial charge in [0.25, 0.3) is 0 Å². The zero-order chi connectivity index (χ0) is 18.5. The van der Waals surface area contributed by atoms with E-state index in [9.17, 15) is 9.59 Å². The highest BCUT2D eigenvalue weighted by atomic mass is 32.1. The molecular formula is C20H14N2O4S. The van der Waals surface area contributed by atoms with Gasteiger partial charge in [-0.1, -0.05) is 12.1 Å². The van der Waals surface area contributed by atoms with Gasteiger partial charge in [0.1, 0.15) is 10.6 Å². The van der Waals surface area contributed by atoms with Crippen LogP contribution in [0.15, 0.2) is 57.7 Å². The number of hydrogen-bond acceptors (Lipinski definition) is 6. The number of thiazole rings is 1. The van der Waals surface area contributed by atoms with Crippen molar-refractivity contribution < 1.29 is 14.3 Å². The van der Waals surface area contributed by atoms with Crippen LogP contribution in [0.25, 0.3) is 31.8 Å². The Balaban J connectivity index is 1.53. The number of fused-ring (bicyclic) bond motifs is 2. The summed E-state index contributed by atoms with van der Waals surface area (Å²) < 4.78 is 6.57. The fourth-order valence-corrected chi connectivity index (χ4v) is 4.25. The predicted molar refractivity (Wildman–Crippen MR) is 104 cm³/mol. The van der Waals surface area contributed by atoms with Gasteiger partial charge in [0, 0.05) is 30.2 Å². The van der Waals surface area contributed by atoms with Crippen LogP contribution >= 0.6 is 11.3 Å². The third-order valence-electron chi connectivity index (χ3n) is 4.84. The molecular weight excluding hydrogens is 364 g/mol. The Labute approximate surface area is 157 Å². The Morgan fingerprint density at radius 2 is 2.00 bits per heavy atom. The van der Waals surface area contributed by atoms with E-state index in [0.29, 0.717) is 29.2 Å².